The van der Waals surface area contributed by atoms with E-state index >= 15 is 0 Å². The van der Waals surface area contributed by atoms with Gasteiger partial charge in [-0.15, -0.1) is 0 Å². The van der Waals surface area contributed by atoms with Crippen LogP contribution < -0.4 is 5.32 Å². The van der Waals surface area contributed by atoms with Crippen LogP contribution in [0.3, 0.4) is 0 Å². The van der Waals surface area contributed by atoms with Crippen molar-refractivity contribution >= 4 is 11.6 Å². The fourth-order valence-corrected chi connectivity index (χ4v) is 3.23. The third-order valence-electron chi connectivity index (χ3n) is 4.32. The van der Waals surface area contributed by atoms with Gasteiger partial charge in [-0.3, -0.25) is 14.4 Å². The molecule has 0 radical (unpaired) electrons. The molecule has 6 heteroatoms. The lowest BCUT2D eigenvalue weighted by atomic mass is 10.1. The average molecular weight is 342 g/mol. The van der Waals surface area contributed by atoms with E-state index in [-0.39, 0.29) is 5.91 Å². The molecule has 0 spiro atoms. The van der Waals surface area contributed by atoms with Gasteiger partial charge in [0.05, 0.1) is 13.2 Å². The first-order valence-corrected chi connectivity index (χ1v) is 8.73. The molecule has 6 nitrogen and oxygen atoms in total. The number of hydrogen-bond acceptors (Lipinski definition) is 4. The molecule has 25 heavy (non-hydrogen) atoms. The number of anilines is 1. The molecule has 1 N–H and O–H groups in total. The molecule has 0 bridgehead atoms. The largest absolute Gasteiger partial charge is 0.383 e. The van der Waals surface area contributed by atoms with Crippen molar-refractivity contribution in [2.45, 2.75) is 33.5 Å². The van der Waals surface area contributed by atoms with Crippen LogP contribution >= 0.6 is 0 Å². The van der Waals surface area contributed by atoms with Crippen molar-refractivity contribution < 1.29 is 9.53 Å². The van der Waals surface area contributed by atoms with Crippen LogP contribution in [0.1, 0.15) is 35.5 Å². The highest BCUT2D eigenvalue weighted by atomic mass is 16.5. The molecule has 1 aromatic carbocycles. The lowest BCUT2D eigenvalue weighted by molar-refractivity contribution is 0.102. The number of fused-ring (bicyclic) bond motifs is 1. The summed E-state index contributed by atoms with van der Waals surface area (Å²) in [5.74, 6) is 0.454. The number of rotatable bonds is 7. The van der Waals surface area contributed by atoms with Gasteiger partial charge in [-0.1, -0.05) is 26.0 Å². The zero-order chi connectivity index (χ0) is 17.8. The molecule has 2 aromatic rings. The van der Waals surface area contributed by atoms with Crippen molar-refractivity contribution in [1.82, 2.24) is 14.7 Å². The van der Waals surface area contributed by atoms with Gasteiger partial charge in [0.2, 0.25) is 0 Å². The zero-order valence-electron chi connectivity index (χ0n) is 15.2. The summed E-state index contributed by atoms with van der Waals surface area (Å²) in [4.78, 5) is 14.9. The third-order valence-corrected chi connectivity index (χ3v) is 4.32. The van der Waals surface area contributed by atoms with Crippen molar-refractivity contribution in [2.24, 2.45) is 5.92 Å². The van der Waals surface area contributed by atoms with Gasteiger partial charge in [-0.05, 0) is 29.2 Å². The highest BCUT2D eigenvalue weighted by Gasteiger charge is 2.23. The number of ether oxygens (including phenoxy) is 1. The van der Waals surface area contributed by atoms with Gasteiger partial charge in [0.15, 0.2) is 5.69 Å². The Bertz CT molecular complexity index is 739. The molecule has 0 atom stereocenters. The molecule has 1 aliphatic heterocycles. The van der Waals surface area contributed by atoms with Crippen LogP contribution in [0.2, 0.25) is 0 Å². The number of nitrogens with zero attached hydrogens (tertiary/aromatic N) is 3. The summed E-state index contributed by atoms with van der Waals surface area (Å²) in [6.45, 7) is 8.55. The number of nitrogens with one attached hydrogen (secondary N) is 1. The van der Waals surface area contributed by atoms with Gasteiger partial charge >= 0.3 is 0 Å². The Balaban J connectivity index is 1.69. The summed E-state index contributed by atoms with van der Waals surface area (Å²) in [5.41, 5.74) is 3.82. The van der Waals surface area contributed by atoms with E-state index in [1.807, 2.05) is 12.1 Å². The SMILES string of the molecule is COCCn1ccc(C(=O)Nc2cccc3c2CN(CC(C)C)C3)n1. The number of benzene rings is 1. The molecule has 1 aliphatic rings. The highest BCUT2D eigenvalue weighted by Crippen LogP contribution is 2.30. The Kier molecular flexibility index (Phi) is 5.50. The minimum absolute atomic E-state index is 0.174. The molecular weight excluding hydrogens is 316 g/mol. The maximum absolute atomic E-state index is 12.5. The van der Waals surface area contributed by atoms with Crippen LogP contribution in [0.15, 0.2) is 30.5 Å². The van der Waals surface area contributed by atoms with Crippen molar-refractivity contribution in [1.29, 1.82) is 0 Å². The molecule has 0 unspecified atom stereocenters. The summed E-state index contributed by atoms with van der Waals surface area (Å²) in [5, 5.41) is 7.34. The van der Waals surface area contributed by atoms with Crippen LogP contribution in [0.4, 0.5) is 5.69 Å². The minimum atomic E-state index is -0.174. The first kappa shape index (κ1) is 17.6. The summed E-state index contributed by atoms with van der Waals surface area (Å²) in [6.07, 6.45) is 1.80. The second kappa shape index (κ2) is 7.80. The number of hydrogen-bond donors (Lipinski definition) is 1. The predicted molar refractivity (Wildman–Crippen MR) is 97.5 cm³/mol. The van der Waals surface area contributed by atoms with E-state index in [2.05, 4.69) is 35.2 Å². The van der Waals surface area contributed by atoms with Gasteiger partial charge in [-0.25, -0.2) is 0 Å². The van der Waals surface area contributed by atoms with E-state index in [4.69, 9.17) is 4.74 Å². The van der Waals surface area contributed by atoms with Crippen LogP contribution in [-0.2, 0) is 24.4 Å². The molecule has 0 fully saturated rings. The number of aromatic nitrogens is 2. The Morgan fingerprint density at radius 3 is 2.92 bits per heavy atom. The first-order valence-electron chi connectivity index (χ1n) is 8.73. The number of carbonyl (C=O) groups is 1. The highest BCUT2D eigenvalue weighted by molar-refractivity contribution is 6.03. The van der Waals surface area contributed by atoms with Gasteiger partial charge in [0, 0.05) is 38.6 Å². The molecule has 2 heterocycles. The molecule has 134 valence electrons. The van der Waals surface area contributed by atoms with Crippen molar-refractivity contribution in [3.63, 3.8) is 0 Å². The van der Waals surface area contributed by atoms with Gasteiger partial charge < -0.3 is 10.1 Å². The monoisotopic (exact) mass is 342 g/mol. The maximum atomic E-state index is 12.5. The Hall–Kier alpha value is -2.18. The van der Waals surface area contributed by atoms with Crippen LogP contribution in [0.25, 0.3) is 0 Å². The van der Waals surface area contributed by atoms with E-state index in [1.54, 1.807) is 24.1 Å². The van der Waals surface area contributed by atoms with Crippen LogP contribution in [0, 0.1) is 5.92 Å². The summed E-state index contributed by atoms with van der Waals surface area (Å²) >= 11 is 0. The fraction of sp³-hybridized carbons (Fsp3) is 0.474. The molecule has 1 aromatic heterocycles. The zero-order valence-corrected chi connectivity index (χ0v) is 15.2. The predicted octanol–water partition coefficient (Wildman–Crippen LogP) is 2.75. The molecular formula is C19H26N4O2. The summed E-state index contributed by atoms with van der Waals surface area (Å²) in [7, 11) is 1.65. The van der Waals surface area contributed by atoms with E-state index in [9.17, 15) is 4.79 Å². The second-order valence-electron chi connectivity index (χ2n) is 6.92. The fourth-order valence-electron chi connectivity index (χ4n) is 3.23. The number of carbonyl (C=O) groups excluding carboxylic acids is 1. The second-order valence-corrected chi connectivity index (χ2v) is 6.92. The quantitative estimate of drug-likeness (QED) is 0.840. The third kappa shape index (κ3) is 4.27. The van der Waals surface area contributed by atoms with Crippen molar-refractivity contribution in [3.05, 3.63) is 47.3 Å². The molecule has 0 aliphatic carbocycles. The van der Waals surface area contributed by atoms with E-state index in [0.717, 1.165) is 25.3 Å². The van der Waals surface area contributed by atoms with Crippen LogP contribution in [-0.4, -0.2) is 40.8 Å². The van der Waals surface area contributed by atoms with Gasteiger partial charge in [0.25, 0.3) is 5.91 Å². The lowest BCUT2D eigenvalue weighted by Crippen LogP contribution is -2.21. The molecule has 0 saturated heterocycles. The van der Waals surface area contributed by atoms with E-state index in [0.29, 0.717) is 24.8 Å². The van der Waals surface area contributed by atoms with Crippen LogP contribution in [0.5, 0.6) is 0 Å². The Morgan fingerprint density at radius 1 is 1.32 bits per heavy atom. The number of methoxy groups -OCH3 is 1. The normalized spacial score (nSPS) is 14.1. The van der Waals surface area contributed by atoms with Crippen molar-refractivity contribution in [2.75, 3.05) is 25.6 Å². The number of amides is 1. The standard InChI is InChI=1S/C19H26N4O2/c1-14(2)11-22-12-15-5-4-6-17(16(15)13-22)20-19(24)18-7-8-23(21-18)9-10-25-3/h4-8,14H,9-13H2,1-3H3,(H,20,24). The lowest BCUT2D eigenvalue weighted by Gasteiger charge is -2.17. The minimum Gasteiger partial charge on any atom is -0.383 e. The first-order chi connectivity index (χ1) is 12.1. The Labute approximate surface area is 148 Å². The molecule has 1 amide bonds. The van der Waals surface area contributed by atoms with Gasteiger partial charge in [-0.2, -0.15) is 5.10 Å². The van der Waals surface area contributed by atoms with Crippen molar-refractivity contribution in [3.8, 4) is 0 Å². The van der Waals surface area contributed by atoms with E-state index < -0.39 is 0 Å². The maximum Gasteiger partial charge on any atom is 0.276 e. The molecule has 0 saturated carbocycles. The molecule has 3 rings (SSSR count). The van der Waals surface area contributed by atoms with E-state index in [1.165, 1.54) is 11.1 Å². The summed E-state index contributed by atoms with van der Waals surface area (Å²) in [6, 6.07) is 7.85. The Morgan fingerprint density at radius 2 is 2.16 bits per heavy atom. The summed E-state index contributed by atoms with van der Waals surface area (Å²) < 4.78 is 6.75. The van der Waals surface area contributed by atoms with Gasteiger partial charge in [0.1, 0.15) is 0 Å². The average Bonchev–Trinajstić information content (AvgIpc) is 3.19. The smallest absolute Gasteiger partial charge is 0.276 e. The topological polar surface area (TPSA) is 59.4 Å².